The molecular weight excluding hydrogens is 340 g/mol. The van der Waals surface area contributed by atoms with Crippen LogP contribution in [0.15, 0.2) is 42.5 Å². The van der Waals surface area contributed by atoms with Crippen molar-refractivity contribution in [3.8, 4) is 11.1 Å². The highest BCUT2D eigenvalue weighted by atomic mass is 16.5. The van der Waals surface area contributed by atoms with Crippen LogP contribution in [0.4, 0.5) is 5.69 Å². The number of carbonyl (C=O) groups is 2. The summed E-state index contributed by atoms with van der Waals surface area (Å²) in [6.07, 6.45) is 1.25. The van der Waals surface area contributed by atoms with Crippen LogP contribution in [0.3, 0.4) is 0 Å². The Bertz CT molecular complexity index is 787. The molecule has 0 bridgehead atoms. The van der Waals surface area contributed by atoms with E-state index < -0.39 is 0 Å². The summed E-state index contributed by atoms with van der Waals surface area (Å²) in [5.41, 5.74) is 11.2. The van der Waals surface area contributed by atoms with E-state index in [0.29, 0.717) is 19.6 Å². The lowest BCUT2D eigenvalue weighted by Gasteiger charge is -2.13. The second-order valence-corrected chi connectivity index (χ2v) is 6.86. The molecule has 1 unspecified atom stereocenters. The summed E-state index contributed by atoms with van der Waals surface area (Å²) in [7, 11) is 1.72. The third-order valence-corrected chi connectivity index (χ3v) is 4.31. The number of methoxy groups -OCH3 is 1. The van der Waals surface area contributed by atoms with E-state index in [0.717, 1.165) is 12.0 Å². The first-order chi connectivity index (χ1) is 13.0. The fourth-order valence-electron chi connectivity index (χ4n) is 3.09. The molecule has 3 N–H and O–H groups in total. The average molecular weight is 368 g/mol. The van der Waals surface area contributed by atoms with Gasteiger partial charge in [-0.05, 0) is 34.4 Å². The Morgan fingerprint density at radius 1 is 1.19 bits per heavy atom. The predicted octanol–water partition coefficient (Wildman–Crippen LogP) is 3.57. The van der Waals surface area contributed by atoms with Crippen molar-refractivity contribution in [2.75, 3.05) is 25.6 Å². The van der Waals surface area contributed by atoms with E-state index in [4.69, 9.17) is 10.5 Å². The Hall–Kier alpha value is -2.50. The van der Waals surface area contributed by atoms with Crippen LogP contribution in [0.1, 0.15) is 37.3 Å². The molecule has 3 rings (SSSR count). The number of aldehydes is 1. The number of benzene rings is 2. The standard InChI is InChI=1S/C18H20N2O2.C4H8O/c1-22-11-17-14-5-3-2-4-13(14)15-7-6-12(10-16(15)17)20-18(21)8-9-19;1-4(2)3-5/h2-7,10,17H,8-9,11,19H2,1H3,(H,20,21);3-4H,1-2H3. The molecule has 0 aliphatic heterocycles. The van der Waals surface area contributed by atoms with E-state index in [9.17, 15) is 9.59 Å². The van der Waals surface area contributed by atoms with Crippen LogP contribution < -0.4 is 11.1 Å². The molecule has 2 aromatic rings. The smallest absolute Gasteiger partial charge is 0.225 e. The maximum Gasteiger partial charge on any atom is 0.225 e. The monoisotopic (exact) mass is 368 g/mol. The molecule has 0 spiro atoms. The summed E-state index contributed by atoms with van der Waals surface area (Å²) in [6, 6.07) is 14.4. The first-order valence-electron chi connectivity index (χ1n) is 9.19. The van der Waals surface area contributed by atoms with Gasteiger partial charge in [0.05, 0.1) is 6.61 Å². The van der Waals surface area contributed by atoms with Crippen LogP contribution in [0.5, 0.6) is 0 Å². The van der Waals surface area contributed by atoms with Crippen molar-refractivity contribution in [1.29, 1.82) is 0 Å². The maximum absolute atomic E-state index is 11.7. The van der Waals surface area contributed by atoms with E-state index in [2.05, 4.69) is 35.6 Å². The minimum absolute atomic E-state index is 0.0544. The van der Waals surface area contributed by atoms with Crippen molar-refractivity contribution in [2.45, 2.75) is 26.2 Å². The number of amides is 1. The fraction of sp³-hybridized carbons (Fsp3) is 0.364. The number of hydrogen-bond donors (Lipinski definition) is 2. The summed E-state index contributed by atoms with van der Waals surface area (Å²) in [6.45, 7) is 4.69. The quantitative estimate of drug-likeness (QED) is 0.764. The summed E-state index contributed by atoms with van der Waals surface area (Å²) >= 11 is 0. The largest absolute Gasteiger partial charge is 0.384 e. The first-order valence-corrected chi connectivity index (χ1v) is 9.19. The Morgan fingerprint density at radius 3 is 2.48 bits per heavy atom. The van der Waals surface area contributed by atoms with Crippen molar-refractivity contribution in [2.24, 2.45) is 11.7 Å². The van der Waals surface area contributed by atoms with Gasteiger partial charge in [0.1, 0.15) is 6.29 Å². The highest BCUT2D eigenvalue weighted by molar-refractivity contribution is 5.92. The number of carbonyl (C=O) groups excluding carboxylic acids is 2. The van der Waals surface area contributed by atoms with E-state index in [1.54, 1.807) is 7.11 Å². The van der Waals surface area contributed by atoms with Crippen LogP contribution >= 0.6 is 0 Å². The van der Waals surface area contributed by atoms with Crippen LogP contribution in [0, 0.1) is 5.92 Å². The minimum Gasteiger partial charge on any atom is -0.384 e. The highest BCUT2D eigenvalue weighted by Crippen LogP contribution is 2.45. The molecule has 27 heavy (non-hydrogen) atoms. The Morgan fingerprint density at radius 2 is 1.85 bits per heavy atom. The lowest BCUT2D eigenvalue weighted by molar-refractivity contribution is -0.116. The molecule has 0 radical (unpaired) electrons. The van der Waals surface area contributed by atoms with Gasteiger partial charge in [0.2, 0.25) is 5.91 Å². The van der Waals surface area contributed by atoms with Crippen LogP contribution in [0.2, 0.25) is 0 Å². The minimum atomic E-state index is -0.0544. The zero-order valence-corrected chi connectivity index (χ0v) is 16.2. The maximum atomic E-state index is 11.7. The molecule has 144 valence electrons. The van der Waals surface area contributed by atoms with Crippen molar-refractivity contribution in [1.82, 2.24) is 0 Å². The van der Waals surface area contributed by atoms with Crippen molar-refractivity contribution in [3.63, 3.8) is 0 Å². The number of nitrogens with one attached hydrogen (secondary N) is 1. The van der Waals surface area contributed by atoms with Crippen molar-refractivity contribution in [3.05, 3.63) is 53.6 Å². The van der Waals surface area contributed by atoms with E-state index in [-0.39, 0.29) is 17.7 Å². The predicted molar refractivity (Wildman–Crippen MR) is 109 cm³/mol. The molecule has 5 nitrogen and oxygen atoms in total. The molecule has 0 heterocycles. The van der Waals surface area contributed by atoms with Gasteiger partial charge in [0.15, 0.2) is 0 Å². The summed E-state index contributed by atoms with van der Waals surface area (Å²) in [4.78, 5) is 21.2. The summed E-state index contributed by atoms with van der Waals surface area (Å²) in [5, 5.41) is 2.90. The van der Waals surface area contributed by atoms with Gasteiger partial charge < -0.3 is 20.6 Å². The van der Waals surface area contributed by atoms with E-state index in [1.165, 1.54) is 22.3 Å². The van der Waals surface area contributed by atoms with Gasteiger partial charge >= 0.3 is 0 Å². The molecule has 0 saturated heterocycles. The highest BCUT2D eigenvalue weighted by Gasteiger charge is 2.28. The molecule has 2 aromatic carbocycles. The van der Waals surface area contributed by atoms with Crippen LogP contribution in [0.25, 0.3) is 11.1 Å². The summed E-state index contributed by atoms with van der Waals surface area (Å²) < 4.78 is 5.40. The van der Waals surface area contributed by atoms with Gasteiger partial charge in [0, 0.05) is 37.6 Å². The molecule has 0 fully saturated rings. The normalized spacial score (nSPS) is 14.0. The second-order valence-electron chi connectivity index (χ2n) is 6.86. The number of rotatable bonds is 6. The topological polar surface area (TPSA) is 81.4 Å². The number of anilines is 1. The Kier molecular flexibility index (Phi) is 7.70. The van der Waals surface area contributed by atoms with Gasteiger partial charge in [-0.3, -0.25) is 4.79 Å². The molecule has 1 aliphatic rings. The van der Waals surface area contributed by atoms with Gasteiger partial charge in [-0.25, -0.2) is 0 Å². The number of nitrogens with two attached hydrogens (primary N) is 1. The Labute approximate surface area is 160 Å². The van der Waals surface area contributed by atoms with Crippen molar-refractivity contribution < 1.29 is 14.3 Å². The zero-order valence-electron chi connectivity index (χ0n) is 16.2. The molecule has 1 aliphatic carbocycles. The van der Waals surface area contributed by atoms with Crippen LogP contribution in [-0.4, -0.2) is 32.5 Å². The molecule has 5 heteroatoms. The number of ether oxygens (including phenoxy) is 1. The fourth-order valence-corrected chi connectivity index (χ4v) is 3.09. The molecule has 0 saturated carbocycles. The van der Waals surface area contributed by atoms with Crippen LogP contribution in [-0.2, 0) is 14.3 Å². The molecule has 1 amide bonds. The van der Waals surface area contributed by atoms with E-state index >= 15 is 0 Å². The zero-order chi connectivity index (χ0) is 19.8. The summed E-state index contributed by atoms with van der Waals surface area (Å²) in [5.74, 6) is 0.360. The third-order valence-electron chi connectivity index (χ3n) is 4.31. The van der Waals surface area contributed by atoms with Gasteiger partial charge in [-0.15, -0.1) is 0 Å². The lowest BCUT2D eigenvalue weighted by atomic mass is 9.97. The number of fused-ring (bicyclic) bond motifs is 3. The molecular formula is C22H28N2O3. The number of hydrogen-bond acceptors (Lipinski definition) is 4. The van der Waals surface area contributed by atoms with Gasteiger partial charge in [0.25, 0.3) is 0 Å². The molecule has 1 atom stereocenters. The van der Waals surface area contributed by atoms with Crippen molar-refractivity contribution >= 4 is 17.9 Å². The Balaban J connectivity index is 0.000000465. The van der Waals surface area contributed by atoms with E-state index in [1.807, 2.05) is 26.0 Å². The SMILES string of the molecule is CC(C)C=O.COCC1c2ccccc2-c2ccc(NC(=O)CCN)cc21. The lowest BCUT2D eigenvalue weighted by Crippen LogP contribution is -2.16. The average Bonchev–Trinajstić information content (AvgIpc) is 2.96. The molecule has 0 aromatic heterocycles. The second kappa shape index (κ2) is 10.00. The van der Waals surface area contributed by atoms with Gasteiger partial charge in [-0.1, -0.05) is 44.2 Å². The first kappa shape index (κ1) is 20.8. The third kappa shape index (κ3) is 5.25. The van der Waals surface area contributed by atoms with Gasteiger partial charge in [-0.2, -0.15) is 0 Å².